The number of hydrogen-bond acceptors (Lipinski definition) is 5. The Balaban J connectivity index is 1.35. The third-order valence-electron chi connectivity index (χ3n) is 7.62. The van der Waals surface area contributed by atoms with Gasteiger partial charge in [-0.15, -0.1) is 0 Å². The summed E-state index contributed by atoms with van der Waals surface area (Å²) in [5.74, 6) is 0.395. The molecule has 34 heavy (non-hydrogen) atoms. The van der Waals surface area contributed by atoms with Crippen LogP contribution in [0.4, 0.5) is 0 Å². The molecule has 4 aromatic rings. The second kappa shape index (κ2) is 8.20. The molecule has 2 aliphatic rings. The number of rotatable bonds is 3. The highest BCUT2D eigenvalue weighted by Crippen LogP contribution is 2.36. The predicted octanol–water partition coefficient (Wildman–Crippen LogP) is 3.89. The lowest BCUT2D eigenvalue weighted by Gasteiger charge is -2.34. The number of nitrogens with two attached hydrogens (primary N) is 1. The predicted molar refractivity (Wildman–Crippen MR) is 131 cm³/mol. The molecule has 3 aromatic heterocycles. The van der Waals surface area contributed by atoms with E-state index in [1.165, 1.54) is 0 Å². The minimum atomic E-state index is -0.0765. The minimum Gasteiger partial charge on any atom is -0.329 e. The third kappa shape index (κ3) is 3.48. The van der Waals surface area contributed by atoms with Crippen molar-refractivity contribution in [3.8, 4) is 0 Å². The monoisotopic (exact) mass is 457 g/mol. The van der Waals surface area contributed by atoms with Crippen molar-refractivity contribution >= 4 is 22.5 Å². The van der Waals surface area contributed by atoms with Crippen molar-refractivity contribution in [2.45, 2.75) is 63.5 Å². The van der Waals surface area contributed by atoms with Crippen molar-refractivity contribution in [3.05, 3.63) is 59.2 Å². The van der Waals surface area contributed by atoms with E-state index in [0.29, 0.717) is 18.2 Å². The van der Waals surface area contributed by atoms with Gasteiger partial charge in [0.1, 0.15) is 0 Å². The molecule has 1 aliphatic carbocycles. The molecule has 8 nitrogen and oxygen atoms in total. The van der Waals surface area contributed by atoms with Crippen LogP contribution in [0.3, 0.4) is 0 Å². The molecule has 1 aliphatic heterocycles. The summed E-state index contributed by atoms with van der Waals surface area (Å²) in [6.45, 7) is 2.82. The number of likely N-dealkylation sites (tertiary alicyclic amines) is 1. The lowest BCUT2D eigenvalue weighted by molar-refractivity contribution is 0.0600. The summed E-state index contributed by atoms with van der Waals surface area (Å²) in [5, 5.41) is 10.4. The summed E-state index contributed by atoms with van der Waals surface area (Å²) >= 11 is 0. The Morgan fingerprint density at radius 3 is 2.79 bits per heavy atom. The first kappa shape index (κ1) is 21.3. The SMILES string of the molecule is Cc1cn2nc([C@@H]3CCCCN3C(=O)c3nn(C)c4ccccc34)cc2nc1C1CC[C@H](N)C1. The van der Waals surface area contributed by atoms with Crippen LogP contribution in [-0.2, 0) is 7.05 Å². The van der Waals surface area contributed by atoms with Crippen molar-refractivity contribution in [1.82, 2.24) is 29.3 Å². The summed E-state index contributed by atoms with van der Waals surface area (Å²) < 4.78 is 3.66. The number of amides is 1. The maximum absolute atomic E-state index is 13.7. The fourth-order valence-electron chi connectivity index (χ4n) is 5.87. The standard InChI is InChI=1S/C26H31N7O/c1-16-15-33-23(28-24(16)17-10-11-18(27)13-17)14-20(29-33)22-9-5-6-12-32(22)26(34)25-19-7-3-4-8-21(19)31(2)30-25/h3-4,7-8,14-15,17-18,22H,5-6,9-13,27H2,1-2H3/t17?,18-,22-/m0/s1. The quantitative estimate of drug-likeness (QED) is 0.504. The Hall–Kier alpha value is -3.26. The van der Waals surface area contributed by atoms with Gasteiger partial charge in [-0.1, -0.05) is 18.2 Å². The van der Waals surface area contributed by atoms with E-state index in [1.54, 1.807) is 4.68 Å². The topological polar surface area (TPSA) is 94.3 Å². The molecular weight excluding hydrogens is 426 g/mol. The number of carbonyl (C=O) groups excluding carboxylic acids is 1. The van der Waals surface area contributed by atoms with Gasteiger partial charge in [-0.05, 0) is 57.1 Å². The minimum absolute atomic E-state index is 0.0247. The molecule has 1 saturated carbocycles. The molecule has 1 aromatic carbocycles. The molecule has 0 spiro atoms. The van der Waals surface area contributed by atoms with Crippen LogP contribution in [0.5, 0.6) is 0 Å². The zero-order chi connectivity index (χ0) is 23.4. The van der Waals surface area contributed by atoms with E-state index < -0.39 is 0 Å². The van der Waals surface area contributed by atoms with E-state index in [-0.39, 0.29) is 18.0 Å². The Bertz CT molecular complexity index is 1390. The average Bonchev–Trinajstić information content (AvgIpc) is 3.55. The lowest BCUT2D eigenvalue weighted by atomic mass is 9.98. The lowest BCUT2D eigenvalue weighted by Crippen LogP contribution is -2.39. The fourth-order valence-corrected chi connectivity index (χ4v) is 5.87. The molecule has 1 unspecified atom stereocenters. The largest absolute Gasteiger partial charge is 0.329 e. The number of para-hydroxylation sites is 1. The van der Waals surface area contributed by atoms with E-state index in [1.807, 2.05) is 40.7 Å². The number of hydrogen-bond donors (Lipinski definition) is 1. The second-order valence-corrected chi connectivity index (χ2v) is 9.95. The molecule has 6 rings (SSSR count). The zero-order valence-electron chi connectivity index (χ0n) is 19.8. The first-order chi connectivity index (χ1) is 16.5. The first-order valence-electron chi connectivity index (χ1n) is 12.3. The smallest absolute Gasteiger partial charge is 0.275 e. The maximum atomic E-state index is 13.7. The van der Waals surface area contributed by atoms with E-state index in [9.17, 15) is 4.79 Å². The second-order valence-electron chi connectivity index (χ2n) is 9.95. The van der Waals surface area contributed by atoms with E-state index >= 15 is 0 Å². The summed E-state index contributed by atoms with van der Waals surface area (Å²) in [6.07, 6.45) is 8.18. The molecule has 0 bridgehead atoms. The highest BCUT2D eigenvalue weighted by molar-refractivity contribution is 6.05. The van der Waals surface area contributed by atoms with Crippen molar-refractivity contribution in [2.24, 2.45) is 12.8 Å². The molecule has 1 amide bonds. The number of carbonyl (C=O) groups is 1. The Morgan fingerprint density at radius 2 is 1.97 bits per heavy atom. The van der Waals surface area contributed by atoms with Gasteiger partial charge in [-0.2, -0.15) is 10.2 Å². The van der Waals surface area contributed by atoms with Crippen LogP contribution in [-0.4, -0.2) is 47.8 Å². The van der Waals surface area contributed by atoms with Crippen LogP contribution in [0.25, 0.3) is 16.6 Å². The Morgan fingerprint density at radius 1 is 1.12 bits per heavy atom. The van der Waals surface area contributed by atoms with Gasteiger partial charge >= 0.3 is 0 Å². The molecule has 3 atom stereocenters. The summed E-state index contributed by atoms with van der Waals surface area (Å²) in [6, 6.07) is 10.2. The van der Waals surface area contributed by atoms with Crippen LogP contribution in [0.15, 0.2) is 36.5 Å². The highest BCUT2D eigenvalue weighted by Gasteiger charge is 2.33. The van der Waals surface area contributed by atoms with Gasteiger partial charge in [0.2, 0.25) is 0 Å². The van der Waals surface area contributed by atoms with Gasteiger partial charge < -0.3 is 10.6 Å². The van der Waals surface area contributed by atoms with Crippen molar-refractivity contribution in [3.63, 3.8) is 0 Å². The van der Waals surface area contributed by atoms with E-state index in [0.717, 1.165) is 72.0 Å². The molecule has 8 heteroatoms. The summed E-state index contributed by atoms with van der Waals surface area (Å²) in [4.78, 5) is 20.7. The first-order valence-corrected chi connectivity index (χ1v) is 12.3. The van der Waals surface area contributed by atoms with Crippen molar-refractivity contribution in [2.75, 3.05) is 6.54 Å². The Labute approximate surface area is 198 Å². The number of benzene rings is 1. The zero-order valence-corrected chi connectivity index (χ0v) is 19.8. The van der Waals surface area contributed by atoms with Gasteiger partial charge in [-0.3, -0.25) is 9.48 Å². The number of piperidine rings is 1. The maximum Gasteiger partial charge on any atom is 0.275 e. The van der Waals surface area contributed by atoms with E-state index in [2.05, 4.69) is 24.3 Å². The molecule has 176 valence electrons. The van der Waals surface area contributed by atoms with Crippen LogP contribution < -0.4 is 5.73 Å². The summed E-state index contributed by atoms with van der Waals surface area (Å²) in [7, 11) is 1.89. The number of aryl methyl sites for hydroxylation is 2. The number of fused-ring (bicyclic) bond motifs is 2. The molecule has 4 heterocycles. The van der Waals surface area contributed by atoms with Gasteiger partial charge in [0.15, 0.2) is 11.3 Å². The van der Waals surface area contributed by atoms with Crippen LogP contribution >= 0.6 is 0 Å². The van der Waals surface area contributed by atoms with Crippen LogP contribution in [0.1, 0.15) is 77.9 Å². The van der Waals surface area contributed by atoms with Crippen molar-refractivity contribution in [1.29, 1.82) is 0 Å². The molecular formula is C26H31N7O. The van der Waals surface area contributed by atoms with Crippen molar-refractivity contribution < 1.29 is 4.79 Å². The van der Waals surface area contributed by atoms with E-state index in [4.69, 9.17) is 15.8 Å². The fraction of sp³-hybridized carbons (Fsp3) is 0.462. The number of aromatic nitrogens is 5. The van der Waals surface area contributed by atoms with Crippen LogP contribution in [0, 0.1) is 6.92 Å². The normalized spacial score (nSPS) is 23.3. The third-order valence-corrected chi connectivity index (χ3v) is 7.62. The van der Waals surface area contributed by atoms with Gasteiger partial charge in [0.05, 0.1) is 22.9 Å². The van der Waals surface area contributed by atoms with Gasteiger partial charge in [0.25, 0.3) is 5.91 Å². The average molecular weight is 458 g/mol. The summed E-state index contributed by atoms with van der Waals surface area (Å²) in [5.41, 5.74) is 11.7. The Kier molecular flexibility index (Phi) is 5.13. The van der Waals surface area contributed by atoms with Gasteiger partial charge in [0, 0.05) is 43.2 Å². The number of nitrogens with zero attached hydrogens (tertiary/aromatic N) is 6. The van der Waals surface area contributed by atoms with Crippen LogP contribution in [0.2, 0.25) is 0 Å². The molecule has 1 saturated heterocycles. The molecule has 2 fully saturated rings. The molecule has 0 radical (unpaired) electrons. The molecule has 2 N–H and O–H groups in total. The highest BCUT2D eigenvalue weighted by atomic mass is 16.2. The van der Waals surface area contributed by atoms with Gasteiger partial charge in [-0.25, -0.2) is 9.50 Å².